The van der Waals surface area contributed by atoms with Crippen LogP contribution in [0.5, 0.6) is 0 Å². The van der Waals surface area contributed by atoms with Crippen molar-refractivity contribution < 1.29 is 14.3 Å². The van der Waals surface area contributed by atoms with E-state index in [1.807, 2.05) is 30.3 Å². The van der Waals surface area contributed by atoms with E-state index in [4.69, 9.17) is 4.74 Å². The van der Waals surface area contributed by atoms with Gasteiger partial charge >= 0.3 is 6.09 Å². The monoisotopic (exact) mass is 290 g/mol. The predicted molar refractivity (Wildman–Crippen MR) is 81.0 cm³/mol. The molecule has 1 aromatic carbocycles. The summed E-state index contributed by atoms with van der Waals surface area (Å²) in [6, 6.07) is 8.67. The first-order chi connectivity index (χ1) is 9.85. The standard InChI is InChI=1S/C16H22N2O3/c1-16(2,3)21-15(20)18-13(11-9-10-11)14(19)17-12-7-5-4-6-8-12/h4-8,11,13H,9-10H2,1-3H3,(H,17,19)(H,18,20)/t13-/m1/s1. The molecule has 1 atom stereocenters. The van der Waals surface area contributed by atoms with Crippen LogP contribution in [-0.2, 0) is 9.53 Å². The van der Waals surface area contributed by atoms with E-state index >= 15 is 0 Å². The van der Waals surface area contributed by atoms with Crippen molar-refractivity contribution in [1.29, 1.82) is 0 Å². The first kappa shape index (κ1) is 15.4. The fourth-order valence-corrected chi connectivity index (χ4v) is 2.00. The summed E-state index contributed by atoms with van der Waals surface area (Å²) in [6.45, 7) is 5.38. The van der Waals surface area contributed by atoms with Gasteiger partial charge in [0, 0.05) is 5.69 Å². The molecule has 2 amide bonds. The van der Waals surface area contributed by atoms with Crippen molar-refractivity contribution in [1.82, 2.24) is 5.32 Å². The quantitative estimate of drug-likeness (QED) is 0.896. The minimum Gasteiger partial charge on any atom is -0.444 e. The molecule has 0 aliphatic heterocycles. The molecule has 0 aromatic heterocycles. The highest BCUT2D eigenvalue weighted by molar-refractivity contribution is 5.97. The van der Waals surface area contributed by atoms with Crippen molar-refractivity contribution in [3.63, 3.8) is 0 Å². The van der Waals surface area contributed by atoms with E-state index in [9.17, 15) is 9.59 Å². The van der Waals surface area contributed by atoms with Crippen LogP contribution in [0.4, 0.5) is 10.5 Å². The van der Waals surface area contributed by atoms with E-state index in [-0.39, 0.29) is 11.8 Å². The van der Waals surface area contributed by atoms with Crippen LogP contribution in [0.25, 0.3) is 0 Å². The smallest absolute Gasteiger partial charge is 0.408 e. The minimum atomic E-state index is -0.575. The van der Waals surface area contributed by atoms with Gasteiger partial charge in [-0.25, -0.2) is 4.79 Å². The number of alkyl carbamates (subject to hydrolysis) is 1. The van der Waals surface area contributed by atoms with E-state index in [0.29, 0.717) is 0 Å². The summed E-state index contributed by atoms with van der Waals surface area (Å²) >= 11 is 0. The second kappa shape index (κ2) is 6.16. The SMILES string of the molecule is CC(C)(C)OC(=O)N[C@@H](C(=O)Nc1ccccc1)C1CC1. The van der Waals surface area contributed by atoms with Gasteiger partial charge in [0.2, 0.25) is 5.91 Å². The van der Waals surface area contributed by atoms with Crippen LogP contribution in [0.1, 0.15) is 33.6 Å². The number of carbonyl (C=O) groups excluding carboxylic acids is 2. The summed E-state index contributed by atoms with van der Waals surface area (Å²) in [5, 5.41) is 5.50. The number of benzene rings is 1. The van der Waals surface area contributed by atoms with Crippen molar-refractivity contribution >= 4 is 17.7 Å². The van der Waals surface area contributed by atoms with Gasteiger partial charge in [0.15, 0.2) is 0 Å². The molecule has 21 heavy (non-hydrogen) atoms. The van der Waals surface area contributed by atoms with Crippen LogP contribution >= 0.6 is 0 Å². The maximum absolute atomic E-state index is 12.3. The second-order valence-corrected chi connectivity index (χ2v) is 6.32. The lowest BCUT2D eigenvalue weighted by atomic mass is 10.1. The summed E-state index contributed by atoms with van der Waals surface area (Å²) in [4.78, 5) is 24.2. The number of hydrogen-bond donors (Lipinski definition) is 2. The van der Waals surface area contributed by atoms with Crippen LogP contribution in [0.15, 0.2) is 30.3 Å². The van der Waals surface area contributed by atoms with Crippen LogP contribution in [0, 0.1) is 5.92 Å². The lowest BCUT2D eigenvalue weighted by Crippen LogP contribution is -2.47. The molecule has 0 bridgehead atoms. The van der Waals surface area contributed by atoms with Gasteiger partial charge < -0.3 is 15.4 Å². The number of hydrogen-bond acceptors (Lipinski definition) is 3. The molecule has 114 valence electrons. The van der Waals surface area contributed by atoms with Gasteiger partial charge in [-0.15, -0.1) is 0 Å². The van der Waals surface area contributed by atoms with E-state index in [1.165, 1.54) is 0 Å². The molecular formula is C16H22N2O3. The van der Waals surface area contributed by atoms with Gasteiger partial charge in [0.1, 0.15) is 11.6 Å². The van der Waals surface area contributed by atoms with Crippen LogP contribution < -0.4 is 10.6 Å². The maximum atomic E-state index is 12.3. The van der Waals surface area contributed by atoms with E-state index in [2.05, 4.69) is 10.6 Å². The zero-order chi connectivity index (χ0) is 15.5. The van der Waals surface area contributed by atoms with Crippen molar-refractivity contribution in [2.45, 2.75) is 45.3 Å². The highest BCUT2D eigenvalue weighted by atomic mass is 16.6. The van der Waals surface area contributed by atoms with Gasteiger partial charge in [-0.1, -0.05) is 18.2 Å². The van der Waals surface area contributed by atoms with E-state index in [0.717, 1.165) is 18.5 Å². The molecule has 2 N–H and O–H groups in total. The molecule has 1 aliphatic carbocycles. The normalized spacial score (nSPS) is 16.0. The third kappa shape index (κ3) is 5.10. The van der Waals surface area contributed by atoms with Gasteiger partial charge in [-0.2, -0.15) is 0 Å². The molecule has 0 heterocycles. The Morgan fingerprint density at radius 3 is 2.33 bits per heavy atom. The Hall–Kier alpha value is -2.04. The van der Waals surface area contributed by atoms with Crippen LogP contribution in [0.2, 0.25) is 0 Å². The molecule has 1 aromatic rings. The number of ether oxygens (including phenoxy) is 1. The molecule has 1 saturated carbocycles. The Morgan fingerprint density at radius 2 is 1.81 bits per heavy atom. The average Bonchev–Trinajstić information content (AvgIpc) is 3.19. The lowest BCUT2D eigenvalue weighted by molar-refractivity contribution is -0.118. The Labute approximate surface area is 125 Å². The van der Waals surface area contributed by atoms with Gasteiger partial charge in [-0.05, 0) is 51.7 Å². The Morgan fingerprint density at radius 1 is 1.19 bits per heavy atom. The number of nitrogens with one attached hydrogen (secondary N) is 2. The molecule has 1 fully saturated rings. The number of para-hydroxylation sites is 1. The molecule has 0 saturated heterocycles. The Kier molecular flexibility index (Phi) is 4.50. The third-order valence-electron chi connectivity index (χ3n) is 3.09. The molecule has 0 radical (unpaired) electrons. The lowest BCUT2D eigenvalue weighted by Gasteiger charge is -2.23. The summed E-state index contributed by atoms with van der Waals surface area (Å²) in [6.07, 6.45) is 1.34. The number of amides is 2. The molecule has 0 unspecified atom stereocenters. The van der Waals surface area contributed by atoms with E-state index < -0.39 is 17.7 Å². The van der Waals surface area contributed by atoms with Crippen LogP contribution in [0.3, 0.4) is 0 Å². The molecule has 0 spiro atoms. The molecule has 5 nitrogen and oxygen atoms in total. The maximum Gasteiger partial charge on any atom is 0.408 e. The highest BCUT2D eigenvalue weighted by Gasteiger charge is 2.38. The minimum absolute atomic E-state index is 0.196. The van der Waals surface area contributed by atoms with Gasteiger partial charge in [0.05, 0.1) is 0 Å². The Bertz CT molecular complexity index is 504. The summed E-state index contributed by atoms with van der Waals surface area (Å²) < 4.78 is 5.22. The fraction of sp³-hybridized carbons (Fsp3) is 0.500. The summed E-state index contributed by atoms with van der Waals surface area (Å²) in [5.74, 6) is -0.00390. The predicted octanol–water partition coefficient (Wildman–Crippen LogP) is 2.93. The van der Waals surface area contributed by atoms with Gasteiger partial charge in [-0.3, -0.25) is 4.79 Å². The second-order valence-electron chi connectivity index (χ2n) is 6.32. The molecular weight excluding hydrogens is 268 g/mol. The van der Waals surface area contributed by atoms with Crippen molar-refractivity contribution in [3.8, 4) is 0 Å². The van der Waals surface area contributed by atoms with Crippen molar-refractivity contribution in [2.24, 2.45) is 5.92 Å². The third-order valence-corrected chi connectivity index (χ3v) is 3.09. The summed E-state index contributed by atoms with van der Waals surface area (Å²) in [5.41, 5.74) is 0.146. The van der Waals surface area contributed by atoms with Gasteiger partial charge in [0.25, 0.3) is 0 Å². The zero-order valence-electron chi connectivity index (χ0n) is 12.7. The first-order valence-electron chi connectivity index (χ1n) is 7.20. The first-order valence-corrected chi connectivity index (χ1v) is 7.20. The molecule has 5 heteroatoms. The number of carbonyl (C=O) groups is 2. The van der Waals surface area contributed by atoms with Crippen LogP contribution in [-0.4, -0.2) is 23.6 Å². The zero-order valence-corrected chi connectivity index (χ0v) is 12.7. The number of anilines is 1. The fourth-order valence-electron chi connectivity index (χ4n) is 2.00. The highest BCUT2D eigenvalue weighted by Crippen LogP contribution is 2.33. The molecule has 1 aliphatic rings. The Balaban J connectivity index is 1.95. The van der Waals surface area contributed by atoms with Crippen molar-refractivity contribution in [3.05, 3.63) is 30.3 Å². The summed E-state index contributed by atoms with van der Waals surface area (Å²) in [7, 11) is 0. The van der Waals surface area contributed by atoms with Crippen molar-refractivity contribution in [2.75, 3.05) is 5.32 Å². The average molecular weight is 290 g/mol. The molecule has 2 rings (SSSR count). The topological polar surface area (TPSA) is 67.4 Å². The van der Waals surface area contributed by atoms with E-state index in [1.54, 1.807) is 20.8 Å². The largest absolute Gasteiger partial charge is 0.444 e. The number of rotatable bonds is 4.